The zero-order valence-corrected chi connectivity index (χ0v) is 15.6. The van der Waals surface area contributed by atoms with Crippen molar-refractivity contribution < 1.29 is 0 Å². The molecule has 3 aromatic rings. The van der Waals surface area contributed by atoms with Crippen LogP contribution < -0.4 is 16.2 Å². The number of anilines is 2. The van der Waals surface area contributed by atoms with Crippen LogP contribution in [0, 0.1) is 0 Å². The van der Waals surface area contributed by atoms with E-state index in [0.29, 0.717) is 11.0 Å². The van der Waals surface area contributed by atoms with Crippen LogP contribution in [-0.2, 0) is 11.8 Å². The van der Waals surface area contributed by atoms with Gasteiger partial charge in [0.2, 0.25) is 10.3 Å². The maximum Gasteiger partial charge on any atom is 0.254 e. The molecule has 0 radical (unpaired) electrons. The van der Waals surface area contributed by atoms with E-state index in [4.69, 9.17) is 10.7 Å². The number of fused-ring (bicyclic) bond motifs is 2. The molecule has 0 amide bonds. The fraction of sp³-hybridized carbons (Fsp3) is 0.368. The summed E-state index contributed by atoms with van der Waals surface area (Å²) in [4.78, 5) is 22.8. The number of hydrogen-bond donors (Lipinski definition) is 2. The molecule has 1 aliphatic heterocycles. The van der Waals surface area contributed by atoms with Crippen LogP contribution in [-0.4, -0.2) is 33.3 Å². The predicted octanol–water partition coefficient (Wildman–Crippen LogP) is 2.36. The highest BCUT2D eigenvalue weighted by Crippen LogP contribution is 2.45. The first-order valence-corrected chi connectivity index (χ1v) is 9.99. The second-order valence-electron chi connectivity index (χ2n) is 7.30. The SMILES string of the molecule is Nc1nnc(N2CCC3(CCc4c3nc(-c3ccccc3)[nH]c4=O)CC2)s1. The number of nitrogens with zero attached hydrogens (tertiary/aromatic N) is 4. The van der Waals surface area contributed by atoms with Crippen molar-refractivity contribution in [1.82, 2.24) is 20.2 Å². The molecular formula is C19H20N6OS. The van der Waals surface area contributed by atoms with Gasteiger partial charge in [-0.25, -0.2) is 4.98 Å². The van der Waals surface area contributed by atoms with Gasteiger partial charge in [0.15, 0.2) is 0 Å². The Kier molecular flexibility index (Phi) is 3.75. The minimum atomic E-state index is -0.0140. The summed E-state index contributed by atoms with van der Waals surface area (Å²) in [5.41, 5.74) is 8.53. The molecule has 8 heteroatoms. The third kappa shape index (κ3) is 2.71. The summed E-state index contributed by atoms with van der Waals surface area (Å²) >= 11 is 1.42. The van der Waals surface area contributed by atoms with E-state index in [1.165, 1.54) is 11.3 Å². The molecule has 3 heterocycles. The smallest absolute Gasteiger partial charge is 0.254 e. The monoisotopic (exact) mass is 380 g/mol. The van der Waals surface area contributed by atoms with Gasteiger partial charge in [0, 0.05) is 29.6 Å². The largest absolute Gasteiger partial charge is 0.374 e. The Morgan fingerprint density at radius 2 is 1.89 bits per heavy atom. The summed E-state index contributed by atoms with van der Waals surface area (Å²) in [5, 5.41) is 9.46. The third-order valence-corrected chi connectivity index (χ3v) is 6.65. The zero-order chi connectivity index (χ0) is 18.4. The summed E-state index contributed by atoms with van der Waals surface area (Å²) in [6.07, 6.45) is 3.72. The molecule has 3 N–H and O–H groups in total. The lowest BCUT2D eigenvalue weighted by atomic mass is 9.76. The van der Waals surface area contributed by atoms with Gasteiger partial charge >= 0.3 is 0 Å². The van der Waals surface area contributed by atoms with E-state index in [-0.39, 0.29) is 11.0 Å². The predicted molar refractivity (Wildman–Crippen MR) is 106 cm³/mol. The van der Waals surface area contributed by atoms with Crippen LogP contribution in [0.4, 0.5) is 10.3 Å². The lowest BCUT2D eigenvalue weighted by molar-refractivity contribution is 0.323. The van der Waals surface area contributed by atoms with Gasteiger partial charge < -0.3 is 15.6 Å². The van der Waals surface area contributed by atoms with E-state index < -0.39 is 0 Å². The molecule has 1 saturated heterocycles. The molecule has 1 spiro atoms. The minimum Gasteiger partial charge on any atom is -0.374 e. The number of rotatable bonds is 2. The Labute approximate surface area is 160 Å². The van der Waals surface area contributed by atoms with Crippen molar-refractivity contribution in [3.05, 3.63) is 51.9 Å². The molecule has 1 aliphatic carbocycles. The van der Waals surface area contributed by atoms with Crippen molar-refractivity contribution in [3.8, 4) is 11.4 Å². The summed E-state index contributed by atoms with van der Waals surface area (Å²) in [5.74, 6) is 0.667. The normalized spacial score (nSPS) is 18.0. The van der Waals surface area contributed by atoms with Crippen LogP contribution >= 0.6 is 11.3 Å². The van der Waals surface area contributed by atoms with E-state index in [1.807, 2.05) is 30.3 Å². The number of aromatic amines is 1. The van der Waals surface area contributed by atoms with Gasteiger partial charge in [0.1, 0.15) is 5.82 Å². The van der Waals surface area contributed by atoms with Gasteiger partial charge in [0.25, 0.3) is 5.56 Å². The average Bonchev–Trinajstić information content (AvgIpc) is 3.28. The molecule has 2 aliphatic rings. The number of hydrogen-bond acceptors (Lipinski definition) is 7. The highest BCUT2D eigenvalue weighted by atomic mass is 32.1. The van der Waals surface area contributed by atoms with E-state index in [9.17, 15) is 4.79 Å². The van der Waals surface area contributed by atoms with Crippen LogP contribution in [0.3, 0.4) is 0 Å². The third-order valence-electron chi connectivity index (χ3n) is 5.84. The molecule has 7 nitrogen and oxygen atoms in total. The molecule has 0 saturated carbocycles. The van der Waals surface area contributed by atoms with Gasteiger partial charge in [-0.05, 0) is 25.7 Å². The van der Waals surface area contributed by atoms with Crippen molar-refractivity contribution in [3.63, 3.8) is 0 Å². The van der Waals surface area contributed by atoms with E-state index in [1.54, 1.807) is 0 Å². The lowest BCUT2D eigenvalue weighted by Crippen LogP contribution is -2.42. The first-order valence-electron chi connectivity index (χ1n) is 9.18. The van der Waals surface area contributed by atoms with Gasteiger partial charge in [-0.2, -0.15) is 0 Å². The highest BCUT2D eigenvalue weighted by molar-refractivity contribution is 7.18. The molecule has 0 unspecified atom stereocenters. The Bertz CT molecular complexity index is 1040. The average molecular weight is 380 g/mol. The Morgan fingerprint density at radius 3 is 2.59 bits per heavy atom. The molecular weight excluding hydrogens is 360 g/mol. The fourth-order valence-electron chi connectivity index (χ4n) is 4.35. The number of aromatic nitrogens is 4. The van der Waals surface area contributed by atoms with Crippen molar-refractivity contribution in [2.75, 3.05) is 23.7 Å². The number of piperidine rings is 1. The Hall–Kier alpha value is -2.74. The number of benzene rings is 1. The van der Waals surface area contributed by atoms with Crippen LogP contribution in [0.1, 0.15) is 30.5 Å². The quantitative estimate of drug-likeness (QED) is 0.708. The first-order chi connectivity index (χ1) is 13.1. The summed E-state index contributed by atoms with van der Waals surface area (Å²) < 4.78 is 0. The van der Waals surface area contributed by atoms with E-state index in [0.717, 1.165) is 60.7 Å². The van der Waals surface area contributed by atoms with Crippen LogP contribution in [0.15, 0.2) is 35.1 Å². The number of nitrogen functional groups attached to an aromatic ring is 1. The standard InChI is InChI=1S/C19H20N6OS/c20-17-23-24-18(27-17)25-10-8-19(9-11-25)7-6-13-14(19)21-15(22-16(13)26)12-4-2-1-3-5-12/h1-5H,6-11H2,(H2,20,23)(H,21,22,26). The van der Waals surface area contributed by atoms with E-state index >= 15 is 0 Å². The van der Waals surface area contributed by atoms with Gasteiger partial charge in [0.05, 0.1) is 5.69 Å². The number of H-pyrrole nitrogens is 1. The van der Waals surface area contributed by atoms with Crippen molar-refractivity contribution in [1.29, 1.82) is 0 Å². The second-order valence-corrected chi connectivity index (χ2v) is 8.29. The molecule has 138 valence electrons. The van der Waals surface area contributed by atoms with E-state index in [2.05, 4.69) is 20.1 Å². The van der Waals surface area contributed by atoms with Gasteiger partial charge in [-0.1, -0.05) is 41.7 Å². The first kappa shape index (κ1) is 16.4. The van der Waals surface area contributed by atoms with Crippen LogP contribution in [0.2, 0.25) is 0 Å². The molecule has 5 rings (SSSR count). The minimum absolute atomic E-state index is 0.00931. The Balaban J connectivity index is 1.48. The van der Waals surface area contributed by atoms with Crippen LogP contribution in [0.25, 0.3) is 11.4 Å². The maximum absolute atomic E-state index is 12.7. The van der Waals surface area contributed by atoms with Crippen molar-refractivity contribution in [2.24, 2.45) is 0 Å². The number of nitrogens with one attached hydrogen (secondary N) is 1. The molecule has 0 atom stereocenters. The van der Waals surface area contributed by atoms with Crippen molar-refractivity contribution in [2.45, 2.75) is 31.1 Å². The maximum atomic E-state index is 12.7. The number of nitrogens with two attached hydrogens (primary N) is 1. The molecule has 27 heavy (non-hydrogen) atoms. The fourth-order valence-corrected chi connectivity index (χ4v) is 5.01. The van der Waals surface area contributed by atoms with Crippen LogP contribution in [0.5, 0.6) is 0 Å². The molecule has 1 fully saturated rings. The van der Waals surface area contributed by atoms with Crippen molar-refractivity contribution >= 4 is 21.6 Å². The van der Waals surface area contributed by atoms with Gasteiger partial charge in [-0.15, -0.1) is 10.2 Å². The Morgan fingerprint density at radius 1 is 1.11 bits per heavy atom. The molecule has 2 aromatic heterocycles. The molecule has 1 aromatic carbocycles. The molecule has 0 bridgehead atoms. The van der Waals surface area contributed by atoms with Gasteiger partial charge in [-0.3, -0.25) is 4.79 Å². The zero-order valence-electron chi connectivity index (χ0n) is 14.8. The highest BCUT2D eigenvalue weighted by Gasteiger charge is 2.44. The summed E-state index contributed by atoms with van der Waals surface area (Å²) in [6.45, 7) is 1.76. The summed E-state index contributed by atoms with van der Waals surface area (Å²) in [6, 6.07) is 9.85. The topological polar surface area (TPSA) is 101 Å². The lowest BCUT2D eigenvalue weighted by Gasteiger charge is -2.39. The summed E-state index contributed by atoms with van der Waals surface area (Å²) in [7, 11) is 0. The second kappa shape index (κ2) is 6.16.